The number of halogens is 1. The number of ether oxygens (including phenoxy) is 1. The van der Waals surface area contributed by atoms with Crippen LogP contribution in [0.15, 0.2) is 18.2 Å². The van der Waals surface area contributed by atoms with E-state index in [0.717, 1.165) is 18.9 Å². The van der Waals surface area contributed by atoms with E-state index >= 15 is 0 Å². The van der Waals surface area contributed by atoms with Gasteiger partial charge < -0.3 is 15.2 Å². The molecule has 0 radical (unpaired) electrons. The summed E-state index contributed by atoms with van der Waals surface area (Å²) in [5, 5.41) is 12.0. The number of carboxylic acids is 1. The average molecular weight is 267 g/mol. The van der Waals surface area contributed by atoms with Crippen LogP contribution in [-0.2, 0) is 4.74 Å². The minimum Gasteiger partial charge on any atom is -0.478 e. The van der Waals surface area contributed by atoms with Crippen molar-refractivity contribution in [3.63, 3.8) is 0 Å². The number of aromatic carboxylic acids is 1. The van der Waals surface area contributed by atoms with Gasteiger partial charge in [0.2, 0.25) is 0 Å². The first-order valence-corrected chi connectivity index (χ1v) is 6.55. The van der Waals surface area contributed by atoms with Gasteiger partial charge in [-0.2, -0.15) is 0 Å². The van der Waals surface area contributed by atoms with Gasteiger partial charge in [0, 0.05) is 12.2 Å². The number of hydrogen-bond acceptors (Lipinski definition) is 3. The largest absolute Gasteiger partial charge is 0.478 e. The van der Waals surface area contributed by atoms with Gasteiger partial charge in [-0.3, -0.25) is 0 Å². The molecule has 1 aromatic rings. The Morgan fingerprint density at radius 2 is 2.16 bits per heavy atom. The summed E-state index contributed by atoms with van der Waals surface area (Å²) in [7, 11) is 0. The molecular weight excluding hydrogens is 249 g/mol. The van der Waals surface area contributed by atoms with Crippen molar-refractivity contribution in [1.29, 1.82) is 0 Å². The first kappa shape index (κ1) is 13.8. The highest BCUT2D eigenvalue weighted by Gasteiger charge is 2.15. The molecule has 0 unspecified atom stereocenters. The lowest BCUT2D eigenvalue weighted by molar-refractivity contribution is 0.0655. The molecule has 5 heteroatoms. The van der Waals surface area contributed by atoms with E-state index in [-0.39, 0.29) is 5.56 Å². The molecule has 4 nitrogen and oxygen atoms in total. The van der Waals surface area contributed by atoms with Crippen LogP contribution in [0.2, 0.25) is 0 Å². The van der Waals surface area contributed by atoms with Crippen molar-refractivity contribution in [2.45, 2.75) is 31.8 Å². The Bertz CT molecular complexity index is 444. The van der Waals surface area contributed by atoms with Crippen LogP contribution in [0.4, 0.5) is 10.1 Å². The highest BCUT2D eigenvalue weighted by molar-refractivity contribution is 5.94. The molecule has 0 heterocycles. The third-order valence-electron chi connectivity index (χ3n) is 3.29. The van der Waals surface area contributed by atoms with Crippen LogP contribution in [0.3, 0.4) is 0 Å². The van der Waals surface area contributed by atoms with Crippen molar-refractivity contribution in [1.82, 2.24) is 0 Å². The lowest BCUT2D eigenvalue weighted by atomic mass is 10.1. The van der Waals surface area contributed by atoms with Gasteiger partial charge in [0.05, 0.1) is 18.3 Å². The SMILES string of the molecule is O=C(O)c1cc(F)ccc1NCCOC1CCCC1. The topological polar surface area (TPSA) is 58.6 Å². The molecule has 1 aliphatic rings. The molecule has 2 rings (SSSR count). The second-order valence-electron chi connectivity index (χ2n) is 4.70. The monoisotopic (exact) mass is 267 g/mol. The second-order valence-corrected chi connectivity index (χ2v) is 4.70. The molecule has 2 N–H and O–H groups in total. The molecule has 0 aromatic heterocycles. The fourth-order valence-electron chi connectivity index (χ4n) is 2.31. The number of nitrogens with one attached hydrogen (secondary N) is 1. The van der Waals surface area contributed by atoms with Gasteiger partial charge >= 0.3 is 5.97 Å². The van der Waals surface area contributed by atoms with Gasteiger partial charge in [-0.1, -0.05) is 12.8 Å². The van der Waals surface area contributed by atoms with Crippen LogP contribution < -0.4 is 5.32 Å². The first-order chi connectivity index (χ1) is 9.16. The van der Waals surface area contributed by atoms with Crippen molar-refractivity contribution < 1.29 is 19.0 Å². The Morgan fingerprint density at radius 1 is 1.42 bits per heavy atom. The average Bonchev–Trinajstić information content (AvgIpc) is 2.89. The van der Waals surface area contributed by atoms with Crippen molar-refractivity contribution in [2.75, 3.05) is 18.5 Å². The summed E-state index contributed by atoms with van der Waals surface area (Å²) in [6.07, 6.45) is 5.00. The molecule has 104 valence electrons. The highest BCUT2D eigenvalue weighted by Crippen LogP contribution is 2.21. The summed E-state index contributed by atoms with van der Waals surface area (Å²) < 4.78 is 18.6. The van der Waals surface area contributed by atoms with Crippen molar-refractivity contribution in [3.8, 4) is 0 Å². The zero-order chi connectivity index (χ0) is 13.7. The number of benzene rings is 1. The predicted octanol–water partition coefficient (Wildman–Crippen LogP) is 2.90. The third kappa shape index (κ3) is 3.92. The summed E-state index contributed by atoms with van der Waals surface area (Å²) >= 11 is 0. The Kier molecular flexibility index (Phi) is 4.74. The predicted molar refractivity (Wildman–Crippen MR) is 70.1 cm³/mol. The quantitative estimate of drug-likeness (QED) is 0.778. The first-order valence-electron chi connectivity index (χ1n) is 6.55. The Labute approximate surface area is 111 Å². The number of anilines is 1. The summed E-state index contributed by atoms with van der Waals surface area (Å²) in [4.78, 5) is 11.0. The lowest BCUT2D eigenvalue weighted by Crippen LogP contribution is -2.16. The third-order valence-corrected chi connectivity index (χ3v) is 3.29. The van der Waals surface area contributed by atoms with Crippen molar-refractivity contribution >= 4 is 11.7 Å². The van der Waals surface area contributed by atoms with Crippen LogP contribution in [-0.4, -0.2) is 30.3 Å². The molecule has 1 saturated carbocycles. The highest BCUT2D eigenvalue weighted by atomic mass is 19.1. The molecule has 0 aliphatic heterocycles. The zero-order valence-electron chi connectivity index (χ0n) is 10.7. The van der Waals surface area contributed by atoms with Gasteiger partial charge in [0.1, 0.15) is 5.82 Å². The van der Waals surface area contributed by atoms with Crippen molar-refractivity contribution in [2.24, 2.45) is 0 Å². The molecule has 0 saturated heterocycles. The normalized spacial score (nSPS) is 15.6. The molecular formula is C14H18FNO3. The van der Waals surface area contributed by atoms with E-state index in [2.05, 4.69) is 5.32 Å². The molecule has 1 fully saturated rings. The maximum absolute atomic E-state index is 13.0. The molecule has 19 heavy (non-hydrogen) atoms. The molecule has 0 bridgehead atoms. The smallest absolute Gasteiger partial charge is 0.337 e. The maximum Gasteiger partial charge on any atom is 0.337 e. The molecule has 1 aromatic carbocycles. The van der Waals surface area contributed by atoms with E-state index in [1.807, 2.05) is 0 Å². The van der Waals surface area contributed by atoms with Gasteiger partial charge in [0.15, 0.2) is 0 Å². The molecule has 0 atom stereocenters. The Balaban J connectivity index is 1.83. The van der Waals surface area contributed by atoms with Crippen LogP contribution in [0.1, 0.15) is 36.0 Å². The summed E-state index contributed by atoms with van der Waals surface area (Å²) in [6, 6.07) is 3.70. The fourth-order valence-corrected chi connectivity index (χ4v) is 2.31. The zero-order valence-corrected chi connectivity index (χ0v) is 10.7. The van der Waals surface area contributed by atoms with Crippen LogP contribution in [0.5, 0.6) is 0 Å². The minimum absolute atomic E-state index is 0.0548. The van der Waals surface area contributed by atoms with Gasteiger partial charge in [0.25, 0.3) is 0 Å². The van der Waals surface area contributed by atoms with E-state index in [1.54, 1.807) is 0 Å². The van der Waals surface area contributed by atoms with E-state index in [9.17, 15) is 9.18 Å². The number of hydrogen-bond donors (Lipinski definition) is 2. The summed E-state index contributed by atoms with van der Waals surface area (Å²) in [6.45, 7) is 1.05. The van der Waals surface area contributed by atoms with E-state index in [4.69, 9.17) is 9.84 Å². The fraction of sp³-hybridized carbons (Fsp3) is 0.500. The van der Waals surface area contributed by atoms with Crippen LogP contribution in [0, 0.1) is 5.82 Å². The summed E-state index contributed by atoms with van der Waals surface area (Å²) in [5.41, 5.74) is 0.366. The molecule has 0 amide bonds. The number of carboxylic acid groups (broad SMARTS) is 1. The van der Waals surface area contributed by atoms with Crippen LogP contribution in [0.25, 0.3) is 0 Å². The molecule has 1 aliphatic carbocycles. The molecule has 0 spiro atoms. The minimum atomic E-state index is -1.14. The van der Waals surface area contributed by atoms with E-state index < -0.39 is 11.8 Å². The van der Waals surface area contributed by atoms with E-state index in [0.29, 0.717) is 24.9 Å². The van der Waals surface area contributed by atoms with Crippen molar-refractivity contribution in [3.05, 3.63) is 29.6 Å². The number of carbonyl (C=O) groups is 1. The summed E-state index contributed by atoms with van der Waals surface area (Å²) in [5.74, 6) is -1.69. The maximum atomic E-state index is 13.0. The Hall–Kier alpha value is -1.62. The van der Waals surface area contributed by atoms with Gasteiger partial charge in [-0.25, -0.2) is 9.18 Å². The second kappa shape index (κ2) is 6.52. The standard InChI is InChI=1S/C14H18FNO3/c15-10-5-6-13(12(9-10)14(17)18)16-7-8-19-11-3-1-2-4-11/h5-6,9,11,16H,1-4,7-8H2,(H,17,18). The Morgan fingerprint density at radius 3 is 2.84 bits per heavy atom. The lowest BCUT2D eigenvalue weighted by Gasteiger charge is -2.13. The number of rotatable bonds is 6. The van der Waals surface area contributed by atoms with Crippen LogP contribution >= 0.6 is 0 Å². The van der Waals surface area contributed by atoms with Gasteiger partial charge in [-0.05, 0) is 31.0 Å². The van der Waals surface area contributed by atoms with Gasteiger partial charge in [-0.15, -0.1) is 0 Å². The van der Waals surface area contributed by atoms with E-state index in [1.165, 1.54) is 25.0 Å².